The Labute approximate surface area is 193 Å². The first-order valence-corrected chi connectivity index (χ1v) is 15.6. The third kappa shape index (κ3) is 8.10. The summed E-state index contributed by atoms with van der Waals surface area (Å²) < 4.78 is 47.2. The standard InChI is InChI=1S/C23H36FNO5SSi/c1-23(2,3)32(5,6)30-21(17-18-7-9-19(24)10-8-18)13-11-20-12-14-22(26)25(20)15-16-29-31(4,27)28/h7-11,13,20-21H,12,14-17H2,1-6H3/b13-11+/t20-,21+/m0/s1. The molecule has 0 aliphatic carbocycles. The van der Waals surface area contributed by atoms with Crippen LogP contribution in [0.1, 0.15) is 39.2 Å². The molecule has 0 unspecified atom stereocenters. The van der Waals surface area contributed by atoms with Crippen LogP contribution in [0.15, 0.2) is 36.4 Å². The molecule has 1 aliphatic rings. The molecule has 1 aromatic rings. The zero-order chi connectivity index (χ0) is 24.2. The average molecular weight is 486 g/mol. The van der Waals surface area contributed by atoms with Crippen LogP contribution in [0.5, 0.6) is 0 Å². The van der Waals surface area contributed by atoms with Crippen molar-refractivity contribution >= 4 is 24.3 Å². The molecule has 0 aromatic heterocycles. The number of nitrogens with zero attached hydrogens (tertiary/aromatic N) is 1. The molecule has 0 bridgehead atoms. The largest absolute Gasteiger partial charge is 0.410 e. The van der Waals surface area contributed by atoms with Crippen molar-refractivity contribution in [1.82, 2.24) is 4.90 Å². The van der Waals surface area contributed by atoms with E-state index in [4.69, 9.17) is 8.61 Å². The molecule has 1 heterocycles. The van der Waals surface area contributed by atoms with E-state index in [0.717, 1.165) is 11.8 Å². The number of hydrogen-bond acceptors (Lipinski definition) is 5. The van der Waals surface area contributed by atoms with Crippen LogP contribution in [0.3, 0.4) is 0 Å². The second kappa shape index (κ2) is 10.6. The highest BCUT2D eigenvalue weighted by molar-refractivity contribution is 7.85. The zero-order valence-electron chi connectivity index (χ0n) is 19.9. The van der Waals surface area contributed by atoms with E-state index in [9.17, 15) is 17.6 Å². The van der Waals surface area contributed by atoms with E-state index in [1.165, 1.54) is 12.1 Å². The van der Waals surface area contributed by atoms with Gasteiger partial charge in [0.05, 0.1) is 25.0 Å². The molecular formula is C23H36FNO5SSi. The Balaban J connectivity index is 2.16. The van der Waals surface area contributed by atoms with Crippen LogP contribution in [0.2, 0.25) is 18.1 Å². The topological polar surface area (TPSA) is 72.9 Å². The summed E-state index contributed by atoms with van der Waals surface area (Å²) in [5.74, 6) is -0.292. The number of halogens is 1. The van der Waals surface area contributed by atoms with Crippen molar-refractivity contribution in [3.05, 3.63) is 47.8 Å². The normalized spacial score (nSPS) is 19.2. The quantitative estimate of drug-likeness (QED) is 0.281. The number of likely N-dealkylation sites (tertiary alicyclic amines) is 1. The molecule has 0 radical (unpaired) electrons. The lowest BCUT2D eigenvalue weighted by Crippen LogP contribution is -2.44. The predicted molar refractivity (Wildman–Crippen MR) is 127 cm³/mol. The highest BCUT2D eigenvalue weighted by Crippen LogP contribution is 2.38. The first-order valence-electron chi connectivity index (χ1n) is 10.9. The van der Waals surface area contributed by atoms with Gasteiger partial charge in [0.2, 0.25) is 5.91 Å². The Morgan fingerprint density at radius 3 is 2.44 bits per heavy atom. The van der Waals surface area contributed by atoms with E-state index in [1.54, 1.807) is 17.0 Å². The molecule has 32 heavy (non-hydrogen) atoms. The summed E-state index contributed by atoms with van der Waals surface area (Å²) in [6, 6.07) is 6.28. The van der Waals surface area contributed by atoms with Gasteiger partial charge in [0.1, 0.15) is 5.82 Å². The first-order chi connectivity index (χ1) is 14.7. The van der Waals surface area contributed by atoms with Crippen LogP contribution in [-0.2, 0) is 29.9 Å². The fraction of sp³-hybridized carbons (Fsp3) is 0.609. The van der Waals surface area contributed by atoms with E-state index >= 15 is 0 Å². The molecule has 180 valence electrons. The van der Waals surface area contributed by atoms with Gasteiger partial charge < -0.3 is 9.33 Å². The van der Waals surface area contributed by atoms with Crippen molar-refractivity contribution in [2.24, 2.45) is 0 Å². The summed E-state index contributed by atoms with van der Waals surface area (Å²) in [6.45, 7) is 11.1. The van der Waals surface area contributed by atoms with Crippen LogP contribution in [-0.4, -0.2) is 59.1 Å². The smallest absolute Gasteiger partial charge is 0.264 e. The van der Waals surface area contributed by atoms with E-state index in [-0.39, 0.29) is 42.1 Å². The molecule has 2 rings (SSSR count). The van der Waals surface area contributed by atoms with Gasteiger partial charge >= 0.3 is 0 Å². The number of benzene rings is 1. The zero-order valence-corrected chi connectivity index (χ0v) is 21.7. The van der Waals surface area contributed by atoms with Gasteiger partial charge in [0, 0.05) is 19.4 Å². The summed E-state index contributed by atoms with van der Waals surface area (Å²) in [5.41, 5.74) is 0.973. The van der Waals surface area contributed by atoms with Gasteiger partial charge in [-0.1, -0.05) is 45.1 Å². The van der Waals surface area contributed by atoms with Gasteiger partial charge in [-0.2, -0.15) is 8.42 Å². The Hall–Kier alpha value is -1.55. The summed E-state index contributed by atoms with van der Waals surface area (Å²) in [6.07, 6.45) is 6.43. The maximum atomic E-state index is 13.3. The molecule has 1 fully saturated rings. The fourth-order valence-corrected chi connectivity index (χ4v) is 4.99. The summed E-state index contributed by atoms with van der Waals surface area (Å²) in [4.78, 5) is 14.0. The van der Waals surface area contributed by atoms with Crippen molar-refractivity contribution in [3.63, 3.8) is 0 Å². The lowest BCUT2D eigenvalue weighted by molar-refractivity contribution is -0.128. The SMILES string of the molecule is CC(C)(C)[Si](C)(C)O[C@H](/C=C/[C@H]1CCC(=O)N1CCOS(C)(=O)=O)Cc1ccc(F)cc1. The van der Waals surface area contributed by atoms with Gasteiger partial charge in [-0.25, -0.2) is 4.39 Å². The average Bonchev–Trinajstić information content (AvgIpc) is 2.99. The van der Waals surface area contributed by atoms with E-state index < -0.39 is 18.4 Å². The minimum atomic E-state index is -3.55. The maximum absolute atomic E-state index is 13.3. The molecule has 1 aromatic carbocycles. The van der Waals surface area contributed by atoms with Gasteiger partial charge in [0.25, 0.3) is 10.1 Å². The van der Waals surface area contributed by atoms with Crippen LogP contribution < -0.4 is 0 Å². The number of rotatable bonds is 10. The first kappa shape index (κ1) is 26.7. The predicted octanol–water partition coefficient (Wildman–Crippen LogP) is 4.28. The maximum Gasteiger partial charge on any atom is 0.264 e. The minimum Gasteiger partial charge on any atom is -0.410 e. The van der Waals surface area contributed by atoms with E-state index in [1.807, 2.05) is 12.2 Å². The summed E-state index contributed by atoms with van der Waals surface area (Å²) >= 11 is 0. The second-order valence-corrected chi connectivity index (χ2v) is 16.3. The van der Waals surface area contributed by atoms with Crippen LogP contribution in [0.4, 0.5) is 4.39 Å². The van der Waals surface area contributed by atoms with E-state index in [2.05, 4.69) is 33.9 Å². The van der Waals surface area contributed by atoms with E-state index in [0.29, 0.717) is 19.3 Å². The molecule has 2 atom stereocenters. The molecule has 9 heteroatoms. The molecule has 1 amide bonds. The third-order valence-corrected chi connectivity index (χ3v) is 11.3. The van der Waals surface area contributed by atoms with Crippen molar-refractivity contribution in [2.45, 2.75) is 70.3 Å². The van der Waals surface area contributed by atoms with Crippen molar-refractivity contribution in [3.8, 4) is 0 Å². The molecule has 0 saturated carbocycles. The summed E-state index contributed by atoms with van der Waals surface area (Å²) in [7, 11) is -5.62. The van der Waals surface area contributed by atoms with Gasteiger partial charge in [0.15, 0.2) is 8.32 Å². The highest BCUT2D eigenvalue weighted by Gasteiger charge is 2.39. The lowest BCUT2D eigenvalue weighted by Gasteiger charge is -2.39. The number of hydrogen-bond donors (Lipinski definition) is 0. The molecular weight excluding hydrogens is 449 g/mol. The molecule has 1 aliphatic heterocycles. The molecule has 1 saturated heterocycles. The lowest BCUT2D eigenvalue weighted by atomic mass is 10.1. The summed E-state index contributed by atoms with van der Waals surface area (Å²) in [5, 5.41) is 0.0280. The number of carbonyl (C=O) groups is 1. The number of carbonyl (C=O) groups excluding carboxylic acids is 1. The van der Waals surface area contributed by atoms with Gasteiger partial charge in [-0.3, -0.25) is 8.98 Å². The van der Waals surface area contributed by atoms with Crippen molar-refractivity contribution in [2.75, 3.05) is 19.4 Å². The Morgan fingerprint density at radius 1 is 1.25 bits per heavy atom. The third-order valence-electron chi connectivity index (χ3n) is 6.15. The molecule has 0 spiro atoms. The van der Waals surface area contributed by atoms with Crippen LogP contribution >= 0.6 is 0 Å². The monoisotopic (exact) mass is 485 g/mol. The van der Waals surface area contributed by atoms with Crippen LogP contribution in [0.25, 0.3) is 0 Å². The van der Waals surface area contributed by atoms with Crippen molar-refractivity contribution in [1.29, 1.82) is 0 Å². The number of amides is 1. The minimum absolute atomic E-state index is 0.0165. The van der Waals surface area contributed by atoms with Gasteiger partial charge in [-0.05, 0) is 42.2 Å². The highest BCUT2D eigenvalue weighted by atomic mass is 32.2. The Morgan fingerprint density at radius 2 is 1.88 bits per heavy atom. The molecule has 0 N–H and O–H groups in total. The van der Waals surface area contributed by atoms with Crippen LogP contribution in [0, 0.1) is 5.82 Å². The van der Waals surface area contributed by atoms with Crippen molar-refractivity contribution < 1.29 is 26.2 Å². The Kier molecular flexibility index (Phi) is 8.83. The Bertz CT molecular complexity index is 909. The second-order valence-electron chi connectivity index (χ2n) is 9.85. The van der Waals surface area contributed by atoms with Gasteiger partial charge in [-0.15, -0.1) is 0 Å². The molecule has 6 nitrogen and oxygen atoms in total. The fourth-order valence-electron chi connectivity index (χ4n) is 3.34.